The number of nitrogens with one attached hydrogen (secondary N) is 1. The summed E-state index contributed by atoms with van der Waals surface area (Å²) >= 11 is 12.1. The lowest BCUT2D eigenvalue weighted by Crippen LogP contribution is -2.53. The molecule has 0 spiro atoms. The summed E-state index contributed by atoms with van der Waals surface area (Å²) in [6.07, 6.45) is 4.31. The molecule has 1 unspecified atom stereocenters. The molecule has 3 aromatic carbocycles. The maximum absolute atomic E-state index is 14.2. The van der Waals surface area contributed by atoms with Crippen molar-refractivity contribution in [3.05, 3.63) is 94.0 Å². The second kappa shape index (κ2) is 13.7. The second-order valence-electron chi connectivity index (χ2n) is 10.3. The summed E-state index contributed by atoms with van der Waals surface area (Å²) in [4.78, 5) is 29.2. The van der Waals surface area contributed by atoms with Crippen LogP contribution in [-0.2, 0) is 26.2 Å². The highest BCUT2D eigenvalue weighted by molar-refractivity contribution is 7.92. The third-order valence-corrected chi connectivity index (χ3v) is 9.70. The topological polar surface area (TPSA) is 86.8 Å². The molecule has 0 radical (unpaired) electrons. The quantitative estimate of drug-likeness (QED) is 0.272. The summed E-state index contributed by atoms with van der Waals surface area (Å²) < 4.78 is 29.1. The van der Waals surface area contributed by atoms with Crippen molar-refractivity contribution in [2.24, 2.45) is 0 Å². The Morgan fingerprint density at radius 3 is 2.10 bits per heavy atom. The number of rotatable bonds is 11. The second-order valence-corrected chi connectivity index (χ2v) is 13.0. The van der Waals surface area contributed by atoms with Crippen LogP contribution < -0.4 is 9.62 Å². The van der Waals surface area contributed by atoms with Crippen molar-refractivity contribution in [3.63, 3.8) is 0 Å². The zero-order valence-corrected chi connectivity index (χ0v) is 25.6. The highest BCUT2D eigenvalue weighted by Gasteiger charge is 2.35. The Hall–Kier alpha value is -3.07. The van der Waals surface area contributed by atoms with Gasteiger partial charge in [-0.05, 0) is 79.8 Å². The van der Waals surface area contributed by atoms with Gasteiger partial charge >= 0.3 is 0 Å². The van der Waals surface area contributed by atoms with Crippen molar-refractivity contribution < 1.29 is 18.0 Å². The van der Waals surface area contributed by atoms with Crippen LogP contribution in [0, 0.1) is 6.92 Å². The van der Waals surface area contributed by atoms with Crippen LogP contribution in [0.1, 0.15) is 50.2 Å². The molecule has 1 saturated carbocycles. The molecule has 0 bridgehead atoms. The van der Waals surface area contributed by atoms with Gasteiger partial charge in [0.05, 0.1) is 10.6 Å². The molecule has 0 aliphatic heterocycles. The van der Waals surface area contributed by atoms with E-state index in [-0.39, 0.29) is 23.4 Å². The third-order valence-electron chi connectivity index (χ3n) is 7.42. The molecular formula is C31H35Cl2N3O4S. The average Bonchev–Trinajstić information content (AvgIpc) is 3.46. The van der Waals surface area contributed by atoms with Crippen molar-refractivity contribution in [2.45, 2.75) is 69.5 Å². The number of amides is 2. The van der Waals surface area contributed by atoms with Crippen molar-refractivity contribution in [1.29, 1.82) is 0 Å². The number of para-hydroxylation sites is 1. The summed E-state index contributed by atoms with van der Waals surface area (Å²) in [6.45, 7) is 3.27. The van der Waals surface area contributed by atoms with E-state index in [9.17, 15) is 18.0 Å². The predicted octanol–water partition coefficient (Wildman–Crippen LogP) is 6.36. The van der Waals surface area contributed by atoms with Gasteiger partial charge in [0.2, 0.25) is 11.8 Å². The number of hydrogen-bond donors (Lipinski definition) is 1. The van der Waals surface area contributed by atoms with Crippen LogP contribution in [0.25, 0.3) is 0 Å². The van der Waals surface area contributed by atoms with Crippen molar-refractivity contribution in [2.75, 3.05) is 10.8 Å². The van der Waals surface area contributed by atoms with E-state index in [2.05, 4.69) is 5.32 Å². The molecule has 0 saturated heterocycles. The van der Waals surface area contributed by atoms with E-state index < -0.39 is 28.5 Å². The van der Waals surface area contributed by atoms with E-state index in [0.29, 0.717) is 27.7 Å². The Morgan fingerprint density at radius 1 is 0.927 bits per heavy atom. The Bertz CT molecular complexity index is 1460. The normalized spacial score (nSPS) is 14.4. The molecule has 7 nitrogen and oxygen atoms in total. The molecule has 10 heteroatoms. The molecule has 1 aliphatic rings. The van der Waals surface area contributed by atoms with E-state index in [1.165, 1.54) is 29.2 Å². The molecule has 4 rings (SSSR count). The lowest BCUT2D eigenvalue weighted by molar-refractivity contribution is -0.140. The molecule has 1 aliphatic carbocycles. The number of anilines is 1. The lowest BCUT2D eigenvalue weighted by atomic mass is 10.1. The number of aryl methyl sites for hydroxylation is 1. The van der Waals surface area contributed by atoms with Crippen LogP contribution in [0.15, 0.2) is 77.7 Å². The fourth-order valence-corrected chi connectivity index (χ4v) is 6.89. The average molecular weight is 617 g/mol. The fraction of sp³-hybridized carbons (Fsp3) is 0.355. The molecule has 1 atom stereocenters. The lowest BCUT2D eigenvalue weighted by Gasteiger charge is -2.34. The molecular weight excluding hydrogens is 581 g/mol. The number of benzene rings is 3. The van der Waals surface area contributed by atoms with Gasteiger partial charge in [-0.2, -0.15) is 0 Å². The van der Waals surface area contributed by atoms with Gasteiger partial charge in [0, 0.05) is 22.6 Å². The first-order valence-electron chi connectivity index (χ1n) is 13.8. The minimum atomic E-state index is -4.16. The number of carbonyl (C=O) groups excluding carboxylic acids is 2. The Labute approximate surface area is 252 Å². The molecule has 1 fully saturated rings. The van der Waals surface area contributed by atoms with Crippen LogP contribution in [0.5, 0.6) is 0 Å². The van der Waals surface area contributed by atoms with Crippen molar-refractivity contribution >= 4 is 50.7 Å². The summed E-state index contributed by atoms with van der Waals surface area (Å²) in [5.74, 6) is -0.723. The number of sulfonamides is 1. The van der Waals surface area contributed by atoms with E-state index in [0.717, 1.165) is 35.6 Å². The molecule has 2 amide bonds. The minimum Gasteiger partial charge on any atom is -0.352 e. The van der Waals surface area contributed by atoms with Crippen molar-refractivity contribution in [1.82, 2.24) is 10.2 Å². The summed E-state index contributed by atoms with van der Waals surface area (Å²) in [5, 5.41) is 4.07. The molecule has 41 heavy (non-hydrogen) atoms. The van der Waals surface area contributed by atoms with Crippen molar-refractivity contribution in [3.8, 4) is 0 Å². The van der Waals surface area contributed by atoms with E-state index >= 15 is 0 Å². The maximum atomic E-state index is 14.2. The third kappa shape index (κ3) is 7.61. The molecule has 3 aromatic rings. The molecule has 218 valence electrons. The SMILES string of the molecule is CCC(C(=O)NC1CCCC1)N(Cc1ccc(Cl)cc1)C(=O)CN(c1ccccc1C)S(=O)(=O)c1ccc(Cl)cc1. The largest absolute Gasteiger partial charge is 0.352 e. The minimum absolute atomic E-state index is 0.00761. The number of nitrogens with zero attached hydrogens (tertiary/aromatic N) is 2. The van der Waals surface area contributed by atoms with Crippen LogP contribution in [0.4, 0.5) is 5.69 Å². The predicted molar refractivity (Wildman–Crippen MR) is 164 cm³/mol. The van der Waals surface area contributed by atoms with E-state index in [1.54, 1.807) is 55.5 Å². The zero-order valence-electron chi connectivity index (χ0n) is 23.2. The maximum Gasteiger partial charge on any atom is 0.264 e. The van der Waals surface area contributed by atoms with Gasteiger partial charge in [-0.1, -0.05) is 73.3 Å². The van der Waals surface area contributed by atoms with Gasteiger partial charge in [0.25, 0.3) is 10.0 Å². The first kappa shape index (κ1) is 30.9. The number of carbonyl (C=O) groups is 2. The smallest absolute Gasteiger partial charge is 0.264 e. The summed E-state index contributed by atoms with van der Waals surface area (Å²) in [7, 11) is -4.16. The number of hydrogen-bond acceptors (Lipinski definition) is 4. The van der Waals surface area contributed by atoms with Gasteiger partial charge < -0.3 is 10.2 Å². The van der Waals surface area contributed by atoms with E-state index in [4.69, 9.17) is 23.2 Å². The zero-order chi connectivity index (χ0) is 29.6. The van der Waals surface area contributed by atoms with Gasteiger partial charge in [0.1, 0.15) is 12.6 Å². The van der Waals surface area contributed by atoms with Crippen LogP contribution in [0.3, 0.4) is 0 Å². The molecule has 0 aromatic heterocycles. The Kier molecular flexibility index (Phi) is 10.3. The van der Waals surface area contributed by atoms with Crippen LogP contribution >= 0.6 is 23.2 Å². The Morgan fingerprint density at radius 2 is 1.51 bits per heavy atom. The Balaban J connectivity index is 1.72. The molecule has 1 N–H and O–H groups in total. The highest BCUT2D eigenvalue weighted by atomic mass is 35.5. The monoisotopic (exact) mass is 615 g/mol. The first-order chi connectivity index (χ1) is 19.6. The number of halogens is 2. The fourth-order valence-electron chi connectivity index (χ4n) is 5.16. The van der Waals surface area contributed by atoms with Gasteiger partial charge in [-0.3, -0.25) is 13.9 Å². The summed E-state index contributed by atoms with van der Waals surface area (Å²) in [6, 6.07) is 19.2. The van der Waals surface area contributed by atoms with Gasteiger partial charge in [-0.15, -0.1) is 0 Å². The van der Waals surface area contributed by atoms with Crippen LogP contribution in [0.2, 0.25) is 10.0 Å². The highest BCUT2D eigenvalue weighted by Crippen LogP contribution is 2.28. The van der Waals surface area contributed by atoms with Gasteiger partial charge in [0.15, 0.2) is 0 Å². The van der Waals surface area contributed by atoms with Crippen LogP contribution in [-0.4, -0.2) is 43.8 Å². The standard InChI is InChI=1S/C31H35Cl2N3O4S/c1-3-28(31(38)34-26-9-5-6-10-26)35(20-23-12-14-24(32)15-13-23)30(37)21-36(29-11-7-4-8-22(29)2)41(39,40)27-18-16-25(33)17-19-27/h4,7-8,11-19,26,28H,3,5-6,9-10,20-21H2,1-2H3,(H,34,38). The van der Waals surface area contributed by atoms with Gasteiger partial charge in [-0.25, -0.2) is 8.42 Å². The summed E-state index contributed by atoms with van der Waals surface area (Å²) in [5.41, 5.74) is 1.84. The first-order valence-corrected chi connectivity index (χ1v) is 16.0. The van der Waals surface area contributed by atoms with E-state index in [1.807, 2.05) is 6.92 Å². The molecule has 0 heterocycles.